The van der Waals surface area contributed by atoms with Gasteiger partial charge in [0.05, 0.1) is 30.1 Å². The highest BCUT2D eigenvalue weighted by atomic mass is 16.2. The third kappa shape index (κ3) is 3.48. The number of nitrogens with zero attached hydrogens (tertiary/aromatic N) is 5. The largest absolute Gasteiger partial charge is 0.351 e. The number of aromatic nitrogens is 5. The smallest absolute Gasteiger partial charge is 0.285 e. The Morgan fingerprint density at radius 3 is 2.79 bits per heavy atom. The first-order valence-corrected chi connectivity index (χ1v) is 9.38. The molecule has 0 aliphatic carbocycles. The molecule has 0 bridgehead atoms. The molecule has 0 aliphatic rings. The number of hydrogen-bond donors (Lipinski definition) is 1. The molecule has 0 atom stereocenters. The van der Waals surface area contributed by atoms with Gasteiger partial charge in [0.2, 0.25) is 0 Å². The lowest BCUT2D eigenvalue weighted by Gasteiger charge is -2.08. The summed E-state index contributed by atoms with van der Waals surface area (Å²) >= 11 is 0. The van der Waals surface area contributed by atoms with Crippen molar-refractivity contribution >= 4 is 0 Å². The lowest BCUT2D eigenvalue weighted by Crippen LogP contribution is -2.24. The van der Waals surface area contributed by atoms with Crippen LogP contribution in [0.3, 0.4) is 0 Å². The molecule has 2 heterocycles. The van der Waals surface area contributed by atoms with Gasteiger partial charge in [-0.3, -0.25) is 9.67 Å². The van der Waals surface area contributed by atoms with Crippen molar-refractivity contribution in [3.63, 3.8) is 0 Å². The summed E-state index contributed by atoms with van der Waals surface area (Å²) in [5, 5.41) is 20.4. The number of benzene rings is 2. The van der Waals surface area contributed by atoms with E-state index < -0.39 is 0 Å². The van der Waals surface area contributed by atoms with Crippen molar-refractivity contribution in [3.05, 3.63) is 87.9 Å². The zero-order valence-corrected chi connectivity index (χ0v) is 16.3. The van der Waals surface area contributed by atoms with Gasteiger partial charge in [0.15, 0.2) is 0 Å². The first-order valence-electron chi connectivity index (χ1n) is 9.38. The van der Waals surface area contributed by atoms with E-state index in [1.807, 2.05) is 43.5 Å². The average Bonchev–Trinajstić information content (AvgIpc) is 3.38. The van der Waals surface area contributed by atoms with Gasteiger partial charge in [0, 0.05) is 11.8 Å². The molecule has 0 fully saturated rings. The highest BCUT2D eigenvalue weighted by Gasteiger charge is 2.14. The van der Waals surface area contributed by atoms with Crippen LogP contribution in [0.5, 0.6) is 0 Å². The first-order chi connectivity index (χ1) is 14.1. The number of H-pyrrole nitrogens is 1. The van der Waals surface area contributed by atoms with Gasteiger partial charge in [-0.1, -0.05) is 25.1 Å². The molecule has 0 saturated carbocycles. The molecule has 2 aromatic heterocycles. The Kier molecular flexibility index (Phi) is 4.83. The van der Waals surface area contributed by atoms with E-state index in [0.29, 0.717) is 17.9 Å². The van der Waals surface area contributed by atoms with Gasteiger partial charge in [0.25, 0.3) is 0 Å². The van der Waals surface area contributed by atoms with E-state index in [4.69, 9.17) is 5.26 Å². The monoisotopic (exact) mass is 384 g/mol. The minimum atomic E-state index is -0.206. The fraction of sp³-hybridized carbons (Fsp3) is 0.182. The molecular formula is C22H20N6O. The molecule has 4 aromatic rings. The van der Waals surface area contributed by atoms with Crippen LogP contribution in [0.2, 0.25) is 0 Å². The van der Waals surface area contributed by atoms with Crippen LogP contribution in [0.4, 0.5) is 0 Å². The van der Waals surface area contributed by atoms with Gasteiger partial charge in [-0.2, -0.15) is 20.1 Å². The lowest BCUT2D eigenvalue weighted by molar-refractivity contribution is 0.723. The summed E-state index contributed by atoms with van der Waals surface area (Å²) in [6.45, 7) is 4.26. The zero-order valence-electron chi connectivity index (χ0n) is 16.3. The number of nitriles is 1. The van der Waals surface area contributed by atoms with Gasteiger partial charge in [-0.15, -0.1) is 0 Å². The maximum absolute atomic E-state index is 13.0. The highest BCUT2D eigenvalue weighted by Crippen LogP contribution is 2.25. The van der Waals surface area contributed by atoms with Gasteiger partial charge in [0.1, 0.15) is 5.82 Å². The second-order valence-corrected chi connectivity index (χ2v) is 6.82. The molecule has 144 valence electrons. The number of aryl methyl sites for hydroxylation is 2. The van der Waals surface area contributed by atoms with Crippen molar-refractivity contribution < 1.29 is 0 Å². The Morgan fingerprint density at radius 1 is 1.21 bits per heavy atom. The van der Waals surface area contributed by atoms with Crippen LogP contribution in [0.15, 0.2) is 59.7 Å². The Bertz CT molecular complexity index is 1260. The van der Waals surface area contributed by atoms with E-state index in [2.05, 4.69) is 28.3 Å². The number of hydrogen-bond acceptors (Lipinski definition) is 4. The molecule has 0 aliphatic heterocycles. The Hall–Kier alpha value is -3.92. The zero-order chi connectivity index (χ0) is 20.4. The van der Waals surface area contributed by atoms with Crippen LogP contribution in [-0.2, 0) is 13.0 Å². The molecule has 4 rings (SSSR count). The SMILES string of the molecule is CCc1cc(-n2nc(C)n(Cc3cccc(C#N)c3)c2=O)ccc1-c1cn[nH]c1. The minimum Gasteiger partial charge on any atom is -0.285 e. The summed E-state index contributed by atoms with van der Waals surface area (Å²) in [4.78, 5) is 13.0. The summed E-state index contributed by atoms with van der Waals surface area (Å²) in [6, 6.07) is 15.3. The van der Waals surface area contributed by atoms with Gasteiger partial charge in [-0.25, -0.2) is 4.79 Å². The Morgan fingerprint density at radius 2 is 2.07 bits per heavy atom. The quantitative estimate of drug-likeness (QED) is 0.572. The third-order valence-corrected chi connectivity index (χ3v) is 4.97. The standard InChI is InChI=1S/C22H20N6O/c1-3-18-10-20(7-8-21(18)19-12-24-25-13-19)28-22(29)27(15(2)26-28)14-17-6-4-5-16(9-17)11-23/h4-10,12-13H,3,14H2,1-2H3,(H,24,25). The first kappa shape index (κ1) is 18.4. The van der Waals surface area contributed by atoms with Crippen molar-refractivity contribution in [3.8, 4) is 22.9 Å². The van der Waals surface area contributed by atoms with Crippen LogP contribution in [-0.4, -0.2) is 24.5 Å². The predicted octanol–water partition coefficient (Wildman–Crippen LogP) is 3.21. The number of rotatable bonds is 5. The van der Waals surface area contributed by atoms with Crippen LogP contribution in [0.25, 0.3) is 16.8 Å². The molecule has 1 N–H and O–H groups in total. The summed E-state index contributed by atoms with van der Waals surface area (Å²) < 4.78 is 3.05. The second kappa shape index (κ2) is 7.60. The predicted molar refractivity (Wildman–Crippen MR) is 110 cm³/mol. The van der Waals surface area contributed by atoms with Crippen molar-refractivity contribution in [2.24, 2.45) is 0 Å². The van der Waals surface area contributed by atoms with Crippen LogP contribution < -0.4 is 5.69 Å². The van der Waals surface area contributed by atoms with Crippen LogP contribution >= 0.6 is 0 Å². The van der Waals surface area contributed by atoms with E-state index in [9.17, 15) is 4.79 Å². The van der Waals surface area contributed by atoms with E-state index >= 15 is 0 Å². The third-order valence-electron chi connectivity index (χ3n) is 4.97. The Labute approximate surface area is 167 Å². The fourth-order valence-corrected chi connectivity index (χ4v) is 3.45. The molecule has 0 unspecified atom stereocenters. The number of nitrogens with one attached hydrogen (secondary N) is 1. The maximum Gasteiger partial charge on any atom is 0.351 e. The molecule has 2 aromatic carbocycles. The molecule has 0 amide bonds. The molecule has 0 spiro atoms. The van der Waals surface area contributed by atoms with Crippen LogP contribution in [0, 0.1) is 18.3 Å². The fourth-order valence-electron chi connectivity index (χ4n) is 3.45. The summed E-state index contributed by atoms with van der Waals surface area (Å²) in [6.07, 6.45) is 4.47. The van der Waals surface area contributed by atoms with E-state index in [1.165, 1.54) is 4.68 Å². The molecule has 0 radical (unpaired) electrons. The highest BCUT2D eigenvalue weighted by molar-refractivity contribution is 5.67. The van der Waals surface area contributed by atoms with E-state index in [-0.39, 0.29) is 5.69 Å². The lowest BCUT2D eigenvalue weighted by atomic mass is 10.00. The normalized spacial score (nSPS) is 10.8. The van der Waals surface area contributed by atoms with Gasteiger partial charge >= 0.3 is 5.69 Å². The van der Waals surface area contributed by atoms with Crippen molar-refractivity contribution in [1.82, 2.24) is 24.5 Å². The van der Waals surface area contributed by atoms with E-state index in [1.54, 1.807) is 22.9 Å². The molecule has 7 nitrogen and oxygen atoms in total. The van der Waals surface area contributed by atoms with Crippen molar-refractivity contribution in [2.45, 2.75) is 26.8 Å². The average molecular weight is 384 g/mol. The Balaban J connectivity index is 1.72. The maximum atomic E-state index is 13.0. The summed E-state index contributed by atoms with van der Waals surface area (Å²) in [5.74, 6) is 0.620. The summed E-state index contributed by atoms with van der Waals surface area (Å²) in [5.41, 5.74) is 5.20. The number of aromatic amines is 1. The van der Waals surface area contributed by atoms with Gasteiger partial charge < -0.3 is 0 Å². The molecule has 7 heteroatoms. The topological polar surface area (TPSA) is 92.3 Å². The van der Waals surface area contributed by atoms with E-state index in [0.717, 1.165) is 34.4 Å². The van der Waals surface area contributed by atoms with Crippen molar-refractivity contribution in [1.29, 1.82) is 5.26 Å². The second-order valence-electron chi connectivity index (χ2n) is 6.82. The molecule has 29 heavy (non-hydrogen) atoms. The van der Waals surface area contributed by atoms with Crippen LogP contribution in [0.1, 0.15) is 29.4 Å². The molecule has 0 saturated heterocycles. The minimum absolute atomic E-state index is 0.206. The molecular weight excluding hydrogens is 364 g/mol. The summed E-state index contributed by atoms with van der Waals surface area (Å²) in [7, 11) is 0. The van der Waals surface area contributed by atoms with Crippen molar-refractivity contribution in [2.75, 3.05) is 0 Å². The van der Waals surface area contributed by atoms with Gasteiger partial charge in [-0.05, 0) is 54.3 Å².